The molecular formula is C16H20O2S. The monoisotopic (exact) mass is 276 g/mol. The SMILES string of the molecule is COc1ccc(C2=CCSC2)cc1OC1CCCC1. The van der Waals surface area contributed by atoms with Crippen molar-refractivity contribution in [2.24, 2.45) is 0 Å². The normalized spacial score (nSPS) is 19.5. The third-order valence-corrected chi connectivity index (χ3v) is 4.75. The Balaban J connectivity index is 1.84. The zero-order valence-electron chi connectivity index (χ0n) is 11.4. The van der Waals surface area contributed by atoms with Crippen molar-refractivity contribution in [3.63, 3.8) is 0 Å². The molecule has 3 heteroatoms. The quantitative estimate of drug-likeness (QED) is 0.823. The first kappa shape index (κ1) is 12.9. The number of rotatable bonds is 4. The molecule has 0 aromatic heterocycles. The molecule has 0 spiro atoms. The smallest absolute Gasteiger partial charge is 0.162 e. The second-order valence-electron chi connectivity index (χ2n) is 5.13. The van der Waals surface area contributed by atoms with Gasteiger partial charge in [0.1, 0.15) is 0 Å². The molecule has 1 heterocycles. The van der Waals surface area contributed by atoms with E-state index in [1.165, 1.54) is 36.8 Å². The Morgan fingerprint density at radius 3 is 2.68 bits per heavy atom. The van der Waals surface area contributed by atoms with Crippen LogP contribution >= 0.6 is 11.8 Å². The summed E-state index contributed by atoms with van der Waals surface area (Å²) in [7, 11) is 1.71. The summed E-state index contributed by atoms with van der Waals surface area (Å²) in [6, 6.07) is 6.32. The summed E-state index contributed by atoms with van der Waals surface area (Å²) in [5.41, 5.74) is 2.70. The molecule has 2 nitrogen and oxygen atoms in total. The van der Waals surface area contributed by atoms with Gasteiger partial charge < -0.3 is 9.47 Å². The average molecular weight is 276 g/mol. The lowest BCUT2D eigenvalue weighted by Crippen LogP contribution is -2.11. The molecule has 0 saturated heterocycles. The van der Waals surface area contributed by atoms with E-state index in [9.17, 15) is 0 Å². The summed E-state index contributed by atoms with van der Waals surface area (Å²) < 4.78 is 11.6. The minimum absolute atomic E-state index is 0.371. The number of ether oxygens (including phenoxy) is 2. The van der Waals surface area contributed by atoms with Crippen LogP contribution in [0.1, 0.15) is 31.2 Å². The van der Waals surface area contributed by atoms with Crippen molar-refractivity contribution in [1.29, 1.82) is 0 Å². The van der Waals surface area contributed by atoms with Crippen molar-refractivity contribution in [1.82, 2.24) is 0 Å². The fourth-order valence-electron chi connectivity index (χ4n) is 2.74. The van der Waals surface area contributed by atoms with E-state index in [2.05, 4.69) is 18.2 Å². The average Bonchev–Trinajstić information content (AvgIpc) is 3.11. The minimum Gasteiger partial charge on any atom is -0.493 e. The number of methoxy groups -OCH3 is 1. The molecule has 19 heavy (non-hydrogen) atoms. The van der Waals surface area contributed by atoms with Crippen molar-refractivity contribution >= 4 is 17.3 Å². The molecule has 1 aliphatic carbocycles. The first-order valence-corrected chi connectivity index (χ1v) is 8.14. The second kappa shape index (κ2) is 5.91. The molecule has 0 radical (unpaired) electrons. The minimum atomic E-state index is 0.371. The Morgan fingerprint density at radius 1 is 1.16 bits per heavy atom. The van der Waals surface area contributed by atoms with E-state index < -0.39 is 0 Å². The van der Waals surface area contributed by atoms with Crippen LogP contribution < -0.4 is 9.47 Å². The lowest BCUT2D eigenvalue weighted by atomic mass is 10.1. The van der Waals surface area contributed by atoms with Crippen molar-refractivity contribution in [3.05, 3.63) is 29.8 Å². The highest BCUT2D eigenvalue weighted by Gasteiger charge is 2.19. The summed E-state index contributed by atoms with van der Waals surface area (Å²) in [5, 5.41) is 0. The maximum Gasteiger partial charge on any atom is 0.162 e. The summed E-state index contributed by atoms with van der Waals surface area (Å²) in [6.45, 7) is 0. The first-order chi connectivity index (χ1) is 9.36. The van der Waals surface area contributed by atoms with E-state index >= 15 is 0 Å². The van der Waals surface area contributed by atoms with E-state index in [0.717, 1.165) is 23.0 Å². The molecule has 102 valence electrons. The van der Waals surface area contributed by atoms with E-state index in [4.69, 9.17) is 9.47 Å². The van der Waals surface area contributed by atoms with Crippen molar-refractivity contribution in [2.75, 3.05) is 18.6 Å². The molecule has 0 bridgehead atoms. The number of hydrogen-bond acceptors (Lipinski definition) is 3. The van der Waals surface area contributed by atoms with Crippen LogP contribution in [-0.2, 0) is 0 Å². The predicted octanol–water partition coefficient (Wildman–Crippen LogP) is 4.15. The van der Waals surface area contributed by atoms with Gasteiger partial charge >= 0.3 is 0 Å². The largest absolute Gasteiger partial charge is 0.493 e. The molecule has 0 atom stereocenters. The van der Waals surface area contributed by atoms with Crippen molar-refractivity contribution in [2.45, 2.75) is 31.8 Å². The lowest BCUT2D eigenvalue weighted by molar-refractivity contribution is 0.201. The molecule has 3 rings (SSSR count). The van der Waals surface area contributed by atoms with Crippen LogP contribution in [0.15, 0.2) is 24.3 Å². The van der Waals surface area contributed by atoms with Crippen LogP contribution in [0.25, 0.3) is 5.57 Å². The van der Waals surface area contributed by atoms with Gasteiger partial charge in [0.25, 0.3) is 0 Å². The standard InChI is InChI=1S/C16H20O2S/c1-17-15-7-6-12(13-8-9-19-11-13)10-16(15)18-14-4-2-3-5-14/h6-8,10,14H,2-5,9,11H2,1H3. The van der Waals surface area contributed by atoms with E-state index in [0.29, 0.717) is 6.10 Å². The van der Waals surface area contributed by atoms with Gasteiger partial charge in [0, 0.05) is 11.5 Å². The molecule has 0 unspecified atom stereocenters. The first-order valence-electron chi connectivity index (χ1n) is 6.98. The predicted molar refractivity (Wildman–Crippen MR) is 81.2 cm³/mol. The Kier molecular flexibility index (Phi) is 4.02. The second-order valence-corrected chi connectivity index (χ2v) is 6.16. The van der Waals surface area contributed by atoms with Gasteiger partial charge in [-0.2, -0.15) is 11.8 Å². The molecule has 2 aliphatic rings. The molecule has 1 fully saturated rings. The maximum atomic E-state index is 6.14. The van der Waals surface area contributed by atoms with Crippen molar-refractivity contribution < 1.29 is 9.47 Å². The summed E-state index contributed by atoms with van der Waals surface area (Å²) in [4.78, 5) is 0. The summed E-state index contributed by atoms with van der Waals surface area (Å²) in [5.74, 6) is 3.99. The lowest BCUT2D eigenvalue weighted by Gasteiger charge is -2.17. The summed E-state index contributed by atoms with van der Waals surface area (Å²) >= 11 is 1.96. The topological polar surface area (TPSA) is 18.5 Å². The molecule has 1 saturated carbocycles. The van der Waals surface area contributed by atoms with Gasteiger partial charge in [0.15, 0.2) is 11.5 Å². The molecule has 1 aromatic carbocycles. The molecule has 1 aromatic rings. The van der Waals surface area contributed by atoms with E-state index in [-0.39, 0.29) is 0 Å². The summed E-state index contributed by atoms with van der Waals surface area (Å²) in [6.07, 6.45) is 7.60. The fraction of sp³-hybridized carbons (Fsp3) is 0.500. The molecular weight excluding hydrogens is 256 g/mol. The third kappa shape index (κ3) is 2.92. The number of thioether (sulfide) groups is 1. The van der Waals surface area contributed by atoms with Crippen LogP contribution in [-0.4, -0.2) is 24.7 Å². The van der Waals surface area contributed by atoms with Gasteiger partial charge in [0.05, 0.1) is 13.2 Å². The van der Waals surface area contributed by atoms with Gasteiger partial charge in [-0.1, -0.05) is 12.1 Å². The highest BCUT2D eigenvalue weighted by atomic mass is 32.2. The Hall–Kier alpha value is -1.09. The zero-order chi connectivity index (χ0) is 13.1. The highest BCUT2D eigenvalue weighted by molar-refractivity contribution is 8.00. The van der Waals surface area contributed by atoms with Crippen LogP contribution in [0, 0.1) is 0 Å². The highest BCUT2D eigenvalue weighted by Crippen LogP contribution is 2.36. The maximum absolute atomic E-state index is 6.14. The Labute approximate surface area is 119 Å². The van der Waals surface area contributed by atoms with Gasteiger partial charge in [-0.05, 0) is 49.0 Å². The number of benzene rings is 1. The van der Waals surface area contributed by atoms with Crippen LogP contribution in [0.3, 0.4) is 0 Å². The number of hydrogen-bond donors (Lipinski definition) is 0. The van der Waals surface area contributed by atoms with Crippen molar-refractivity contribution in [3.8, 4) is 11.5 Å². The van der Waals surface area contributed by atoms with E-state index in [1.54, 1.807) is 7.11 Å². The van der Waals surface area contributed by atoms with Crippen LogP contribution in [0.4, 0.5) is 0 Å². The molecule has 0 N–H and O–H groups in total. The third-order valence-electron chi connectivity index (χ3n) is 3.84. The van der Waals surface area contributed by atoms with E-state index in [1.807, 2.05) is 17.8 Å². The van der Waals surface area contributed by atoms with Gasteiger partial charge in [-0.15, -0.1) is 0 Å². The van der Waals surface area contributed by atoms with Crippen LogP contribution in [0.2, 0.25) is 0 Å². The molecule has 0 amide bonds. The van der Waals surface area contributed by atoms with Gasteiger partial charge in [-0.25, -0.2) is 0 Å². The van der Waals surface area contributed by atoms with Crippen LogP contribution in [0.5, 0.6) is 11.5 Å². The Bertz CT molecular complexity index is 476. The van der Waals surface area contributed by atoms with Gasteiger partial charge in [0.2, 0.25) is 0 Å². The molecule has 1 aliphatic heterocycles. The fourth-order valence-corrected chi connectivity index (χ4v) is 3.68. The zero-order valence-corrected chi connectivity index (χ0v) is 12.2. The Morgan fingerprint density at radius 2 is 2.00 bits per heavy atom. The van der Waals surface area contributed by atoms with Gasteiger partial charge in [-0.3, -0.25) is 0 Å².